The van der Waals surface area contributed by atoms with Gasteiger partial charge in [0.1, 0.15) is 0 Å². The second-order valence-electron chi connectivity index (χ2n) is 5.75. The molecule has 0 atom stereocenters. The normalized spacial score (nSPS) is 11.1. The Morgan fingerprint density at radius 1 is 0.550 bits per heavy atom. The van der Waals surface area contributed by atoms with Crippen LogP contribution in [-0.4, -0.2) is 19.1 Å². The van der Waals surface area contributed by atoms with Crippen molar-refractivity contribution in [2.45, 2.75) is 89.9 Å². The largest absolute Gasteiger partial charge is 0.380 e. The molecule has 121 valence electrons. The Morgan fingerprint density at radius 2 is 0.950 bits per heavy atom. The Hall–Kier alpha value is 0.250. The van der Waals surface area contributed by atoms with Crippen LogP contribution >= 0.6 is 11.6 Å². The predicted molar refractivity (Wildman–Crippen MR) is 91.5 cm³/mol. The number of halogens is 1. The molecular weight excluding hydrogens is 268 g/mol. The fourth-order valence-electron chi connectivity index (χ4n) is 2.48. The second kappa shape index (κ2) is 19.2. The fraction of sp³-hybridized carbons (Fsp3) is 0.944. The molecule has 0 aliphatic heterocycles. The molecule has 0 unspecified atom stereocenters. The highest BCUT2D eigenvalue weighted by Crippen LogP contribution is 2.12. The minimum atomic E-state index is 0.621. The molecule has 2 heteroatoms. The van der Waals surface area contributed by atoms with Gasteiger partial charge < -0.3 is 4.74 Å². The molecule has 0 bridgehead atoms. The molecule has 0 aromatic carbocycles. The van der Waals surface area contributed by atoms with Crippen LogP contribution in [-0.2, 0) is 4.74 Å². The monoisotopic (exact) mass is 303 g/mol. The maximum atomic E-state index is 5.54. The van der Waals surface area contributed by atoms with E-state index in [1.807, 2.05) is 0 Å². The molecule has 0 N–H and O–H groups in total. The van der Waals surface area contributed by atoms with Gasteiger partial charge >= 0.3 is 0 Å². The van der Waals surface area contributed by atoms with Gasteiger partial charge in [0.2, 0.25) is 0 Å². The van der Waals surface area contributed by atoms with Crippen molar-refractivity contribution in [3.05, 3.63) is 6.92 Å². The number of hydrogen-bond acceptors (Lipinski definition) is 1. The third-order valence-electron chi connectivity index (χ3n) is 3.76. The van der Waals surface area contributed by atoms with E-state index >= 15 is 0 Å². The summed E-state index contributed by atoms with van der Waals surface area (Å²) in [5, 5.41) is 0. The molecule has 0 aromatic heterocycles. The number of rotatable bonds is 17. The van der Waals surface area contributed by atoms with Crippen LogP contribution in [0.25, 0.3) is 0 Å². The summed E-state index contributed by atoms with van der Waals surface area (Å²) in [6.45, 7) is 5.48. The van der Waals surface area contributed by atoms with Gasteiger partial charge in [0.05, 0.1) is 6.61 Å². The van der Waals surface area contributed by atoms with Crippen LogP contribution in [0.5, 0.6) is 0 Å². The summed E-state index contributed by atoms with van der Waals surface area (Å²) >= 11 is 5.54. The highest BCUT2D eigenvalue weighted by molar-refractivity contribution is 6.17. The maximum absolute atomic E-state index is 5.54. The Balaban J connectivity index is 2.89. The van der Waals surface area contributed by atoms with Crippen LogP contribution in [0.4, 0.5) is 0 Å². The number of unbranched alkanes of at least 4 members (excludes halogenated alkanes) is 13. The molecule has 0 rings (SSSR count). The molecule has 0 saturated heterocycles. The number of alkyl halides is 1. The van der Waals surface area contributed by atoms with E-state index in [0.29, 0.717) is 12.5 Å². The van der Waals surface area contributed by atoms with E-state index in [1.165, 1.54) is 83.5 Å². The lowest BCUT2D eigenvalue weighted by atomic mass is 10.0. The lowest BCUT2D eigenvalue weighted by Crippen LogP contribution is -1.97. The van der Waals surface area contributed by atoms with E-state index in [4.69, 9.17) is 16.3 Å². The molecule has 1 nitrogen and oxygen atoms in total. The van der Waals surface area contributed by atoms with Crippen LogP contribution in [0.2, 0.25) is 0 Å². The zero-order valence-corrected chi connectivity index (χ0v) is 14.3. The molecule has 0 saturated carbocycles. The smallest absolute Gasteiger partial charge is 0.0601 e. The Morgan fingerprint density at radius 3 is 1.35 bits per heavy atom. The van der Waals surface area contributed by atoms with Crippen LogP contribution < -0.4 is 0 Å². The molecule has 0 amide bonds. The topological polar surface area (TPSA) is 9.23 Å². The van der Waals surface area contributed by atoms with E-state index < -0.39 is 0 Å². The first-order chi connectivity index (χ1) is 9.91. The summed E-state index contributed by atoms with van der Waals surface area (Å²) in [5.74, 6) is 0.621. The van der Waals surface area contributed by atoms with Crippen LogP contribution in [0.1, 0.15) is 89.9 Å². The molecule has 0 aliphatic carbocycles. The number of ether oxygens (including phenoxy) is 1. The minimum absolute atomic E-state index is 0.621. The molecular formula is C18H36ClO. The van der Waals surface area contributed by atoms with Gasteiger partial charge in [0.15, 0.2) is 0 Å². The summed E-state index contributed by atoms with van der Waals surface area (Å²) < 4.78 is 5.35. The summed E-state index contributed by atoms with van der Waals surface area (Å²) in [6.07, 6.45) is 19.1. The van der Waals surface area contributed by atoms with Crippen molar-refractivity contribution in [3.63, 3.8) is 0 Å². The standard InChI is InChI=1S/C18H36ClO/c1-2-3-4-5-6-7-8-9-10-11-12-13-14-15-17-20-18-16-19/h1-18H2. The van der Waals surface area contributed by atoms with Crippen molar-refractivity contribution < 1.29 is 4.74 Å². The summed E-state index contributed by atoms with van der Waals surface area (Å²) in [7, 11) is 0. The van der Waals surface area contributed by atoms with E-state index in [9.17, 15) is 0 Å². The van der Waals surface area contributed by atoms with E-state index in [1.54, 1.807) is 0 Å². The molecule has 0 heterocycles. The zero-order chi connectivity index (χ0) is 14.7. The van der Waals surface area contributed by atoms with Crippen LogP contribution in [0, 0.1) is 6.92 Å². The Bertz CT molecular complexity index is 143. The first-order valence-corrected chi connectivity index (χ1v) is 9.38. The Labute approximate surface area is 132 Å². The average molecular weight is 304 g/mol. The molecule has 0 aromatic rings. The second-order valence-corrected chi connectivity index (χ2v) is 6.13. The van der Waals surface area contributed by atoms with E-state index in [0.717, 1.165) is 13.0 Å². The van der Waals surface area contributed by atoms with Gasteiger partial charge in [-0.15, -0.1) is 11.6 Å². The van der Waals surface area contributed by atoms with Crippen molar-refractivity contribution in [2.75, 3.05) is 19.1 Å². The van der Waals surface area contributed by atoms with Gasteiger partial charge in [-0.2, -0.15) is 0 Å². The maximum Gasteiger partial charge on any atom is 0.0601 e. The fourth-order valence-corrected chi connectivity index (χ4v) is 2.59. The quantitative estimate of drug-likeness (QED) is 0.219. The summed E-state index contributed by atoms with van der Waals surface area (Å²) in [6, 6.07) is 0. The lowest BCUT2D eigenvalue weighted by molar-refractivity contribution is 0.144. The van der Waals surface area contributed by atoms with Gasteiger partial charge in [0.25, 0.3) is 0 Å². The molecule has 1 radical (unpaired) electrons. The zero-order valence-electron chi connectivity index (χ0n) is 13.5. The SMILES string of the molecule is [CH2]CCCCCCCCCCCCCCCOCCCl. The van der Waals surface area contributed by atoms with Crippen molar-refractivity contribution in [1.29, 1.82) is 0 Å². The molecule has 0 aliphatic rings. The third-order valence-corrected chi connectivity index (χ3v) is 3.91. The van der Waals surface area contributed by atoms with Crippen molar-refractivity contribution in [3.8, 4) is 0 Å². The predicted octanol–water partition coefficient (Wildman–Crippen LogP) is 6.54. The van der Waals surface area contributed by atoms with Gasteiger partial charge in [0, 0.05) is 12.5 Å². The highest BCUT2D eigenvalue weighted by atomic mass is 35.5. The van der Waals surface area contributed by atoms with Gasteiger partial charge in [-0.25, -0.2) is 0 Å². The number of hydrogen-bond donors (Lipinski definition) is 0. The van der Waals surface area contributed by atoms with Crippen LogP contribution in [0.3, 0.4) is 0 Å². The first kappa shape index (κ1) is 20.2. The van der Waals surface area contributed by atoms with Gasteiger partial charge in [-0.1, -0.05) is 90.4 Å². The lowest BCUT2D eigenvalue weighted by Gasteiger charge is -2.03. The molecule has 0 spiro atoms. The molecule has 20 heavy (non-hydrogen) atoms. The molecule has 0 fully saturated rings. The van der Waals surface area contributed by atoms with Crippen molar-refractivity contribution >= 4 is 11.6 Å². The van der Waals surface area contributed by atoms with Gasteiger partial charge in [-0.05, 0) is 6.42 Å². The van der Waals surface area contributed by atoms with E-state index in [-0.39, 0.29) is 0 Å². The van der Waals surface area contributed by atoms with Crippen LogP contribution in [0.15, 0.2) is 0 Å². The van der Waals surface area contributed by atoms with Crippen molar-refractivity contribution in [1.82, 2.24) is 0 Å². The Kier molecular flexibility index (Phi) is 19.5. The minimum Gasteiger partial charge on any atom is -0.380 e. The summed E-state index contributed by atoms with van der Waals surface area (Å²) in [5.41, 5.74) is 0. The van der Waals surface area contributed by atoms with Crippen molar-refractivity contribution in [2.24, 2.45) is 0 Å². The average Bonchev–Trinajstić information content (AvgIpc) is 2.47. The summed E-state index contributed by atoms with van der Waals surface area (Å²) in [4.78, 5) is 0. The highest BCUT2D eigenvalue weighted by Gasteiger charge is 1.94. The first-order valence-electron chi connectivity index (χ1n) is 8.84. The third kappa shape index (κ3) is 18.2. The van der Waals surface area contributed by atoms with E-state index in [2.05, 4.69) is 6.92 Å². The van der Waals surface area contributed by atoms with Gasteiger partial charge in [-0.3, -0.25) is 0 Å².